The van der Waals surface area contributed by atoms with E-state index in [0.29, 0.717) is 0 Å². The predicted octanol–water partition coefficient (Wildman–Crippen LogP) is 0.857. The fraction of sp³-hybridized carbons (Fsp3) is 0.250. The monoisotopic (exact) mass is 170 g/mol. The van der Waals surface area contributed by atoms with Gasteiger partial charge in [-0.15, -0.1) is 0 Å². The summed E-state index contributed by atoms with van der Waals surface area (Å²) in [5.74, 6) is -1.49. The molecule has 0 amide bonds. The highest BCUT2D eigenvalue weighted by molar-refractivity contribution is 5.53. The normalized spacial score (nSPS) is 12.8. The number of aliphatic hydroxyl groups is 1. The van der Waals surface area contributed by atoms with Crippen LogP contribution >= 0.6 is 0 Å². The Morgan fingerprint density at radius 2 is 1.67 bits per heavy atom. The molecule has 4 heteroatoms. The minimum atomic E-state index is -0.878. The maximum absolute atomic E-state index is 9.18. The molecule has 0 heterocycles. The molecule has 1 aromatic rings. The van der Waals surface area contributed by atoms with Crippen LogP contribution in [0.5, 0.6) is 17.2 Å². The van der Waals surface area contributed by atoms with E-state index in [1.807, 2.05) is 0 Å². The van der Waals surface area contributed by atoms with Crippen LogP contribution in [-0.2, 0) is 0 Å². The van der Waals surface area contributed by atoms with Gasteiger partial charge in [0.1, 0.15) is 0 Å². The van der Waals surface area contributed by atoms with Crippen molar-refractivity contribution >= 4 is 0 Å². The summed E-state index contributed by atoms with van der Waals surface area (Å²) in [6.45, 7) is 1.45. The Kier molecular flexibility index (Phi) is 2.10. The summed E-state index contributed by atoms with van der Waals surface area (Å²) in [5, 5.41) is 36.2. The molecule has 66 valence electrons. The lowest BCUT2D eigenvalue weighted by Gasteiger charge is -2.08. The summed E-state index contributed by atoms with van der Waals surface area (Å²) >= 11 is 0. The fourth-order valence-electron chi connectivity index (χ4n) is 0.922. The number of phenolic OH excluding ortho intramolecular Hbond substituents is 3. The van der Waals surface area contributed by atoms with Crippen molar-refractivity contribution in [1.29, 1.82) is 0 Å². The highest BCUT2D eigenvalue weighted by Gasteiger charge is 2.13. The van der Waals surface area contributed by atoms with E-state index < -0.39 is 23.4 Å². The molecule has 0 fully saturated rings. The first-order valence-corrected chi connectivity index (χ1v) is 3.46. The number of hydrogen-bond donors (Lipinski definition) is 4. The van der Waals surface area contributed by atoms with Crippen LogP contribution in [0.2, 0.25) is 0 Å². The molecule has 0 radical (unpaired) electrons. The Hall–Kier alpha value is -1.42. The van der Waals surface area contributed by atoms with Crippen LogP contribution in [-0.4, -0.2) is 20.4 Å². The van der Waals surface area contributed by atoms with Crippen LogP contribution in [0.15, 0.2) is 12.1 Å². The number of benzene rings is 1. The summed E-state index contributed by atoms with van der Waals surface area (Å²) in [7, 11) is 0. The Morgan fingerprint density at radius 3 is 2.17 bits per heavy atom. The topological polar surface area (TPSA) is 80.9 Å². The van der Waals surface area contributed by atoms with Gasteiger partial charge >= 0.3 is 0 Å². The minimum absolute atomic E-state index is 0.185. The van der Waals surface area contributed by atoms with Gasteiger partial charge in [-0.1, -0.05) is 0 Å². The van der Waals surface area contributed by atoms with Gasteiger partial charge < -0.3 is 20.4 Å². The molecule has 1 atom stereocenters. The van der Waals surface area contributed by atoms with Gasteiger partial charge in [-0.2, -0.15) is 0 Å². The van der Waals surface area contributed by atoms with Gasteiger partial charge in [0.25, 0.3) is 0 Å². The van der Waals surface area contributed by atoms with E-state index in [0.717, 1.165) is 0 Å². The molecule has 0 unspecified atom stereocenters. The number of phenols is 3. The Labute approximate surface area is 69.3 Å². The van der Waals surface area contributed by atoms with Gasteiger partial charge in [0.2, 0.25) is 5.75 Å². The number of hydrogen-bond acceptors (Lipinski definition) is 4. The van der Waals surface area contributed by atoms with Crippen molar-refractivity contribution in [3.05, 3.63) is 17.7 Å². The molecule has 0 saturated carbocycles. The fourth-order valence-corrected chi connectivity index (χ4v) is 0.922. The maximum Gasteiger partial charge on any atom is 0.200 e. The van der Waals surface area contributed by atoms with Crippen molar-refractivity contribution in [2.75, 3.05) is 0 Å². The van der Waals surface area contributed by atoms with Crippen molar-refractivity contribution in [2.45, 2.75) is 13.0 Å². The third-order valence-corrected chi connectivity index (χ3v) is 1.61. The van der Waals surface area contributed by atoms with E-state index in [9.17, 15) is 5.11 Å². The summed E-state index contributed by atoms with van der Waals surface area (Å²) in [4.78, 5) is 0. The minimum Gasteiger partial charge on any atom is -0.504 e. The molecular weight excluding hydrogens is 160 g/mol. The van der Waals surface area contributed by atoms with E-state index in [-0.39, 0.29) is 5.56 Å². The molecule has 0 aliphatic carbocycles. The first-order chi connectivity index (χ1) is 5.54. The predicted molar refractivity (Wildman–Crippen MR) is 42.1 cm³/mol. The standard InChI is InChI=1S/C8H10O4/c1-4(9)5-2-3-6(10)8(12)7(5)11/h2-4,9-12H,1H3/t4-/m1/s1. The highest BCUT2D eigenvalue weighted by Crippen LogP contribution is 2.39. The SMILES string of the molecule is C[C@@H](O)c1ccc(O)c(O)c1O. The second-order valence-electron chi connectivity index (χ2n) is 2.55. The summed E-state index contributed by atoms with van der Waals surface area (Å²) < 4.78 is 0. The van der Waals surface area contributed by atoms with Crippen molar-refractivity contribution in [1.82, 2.24) is 0 Å². The molecular formula is C8H10O4. The van der Waals surface area contributed by atoms with Gasteiger partial charge in [0.15, 0.2) is 11.5 Å². The average Bonchev–Trinajstić information content (AvgIpc) is 2.00. The number of aliphatic hydroxyl groups excluding tert-OH is 1. The van der Waals surface area contributed by atoms with E-state index >= 15 is 0 Å². The van der Waals surface area contributed by atoms with E-state index in [2.05, 4.69) is 0 Å². The van der Waals surface area contributed by atoms with Crippen LogP contribution in [0, 0.1) is 0 Å². The zero-order valence-corrected chi connectivity index (χ0v) is 6.52. The smallest absolute Gasteiger partial charge is 0.200 e. The molecule has 0 aliphatic rings. The molecule has 1 rings (SSSR count). The molecule has 0 aliphatic heterocycles. The largest absolute Gasteiger partial charge is 0.504 e. The number of aromatic hydroxyl groups is 3. The van der Waals surface area contributed by atoms with Crippen molar-refractivity contribution in [2.24, 2.45) is 0 Å². The average molecular weight is 170 g/mol. The van der Waals surface area contributed by atoms with Crippen molar-refractivity contribution < 1.29 is 20.4 Å². The number of rotatable bonds is 1. The molecule has 4 N–H and O–H groups in total. The van der Waals surface area contributed by atoms with Crippen molar-refractivity contribution in [3.8, 4) is 17.2 Å². The summed E-state index contributed by atoms with van der Waals surface area (Å²) in [6, 6.07) is 2.55. The molecule has 12 heavy (non-hydrogen) atoms. The van der Waals surface area contributed by atoms with Crippen LogP contribution in [0.4, 0.5) is 0 Å². The second-order valence-corrected chi connectivity index (χ2v) is 2.55. The van der Waals surface area contributed by atoms with Gasteiger partial charge in [-0.25, -0.2) is 0 Å². The molecule has 0 bridgehead atoms. The van der Waals surface area contributed by atoms with Gasteiger partial charge in [-0.3, -0.25) is 0 Å². The van der Waals surface area contributed by atoms with Crippen LogP contribution in [0.25, 0.3) is 0 Å². The third kappa shape index (κ3) is 1.29. The van der Waals surface area contributed by atoms with Gasteiger partial charge in [0, 0.05) is 5.56 Å². The first-order valence-electron chi connectivity index (χ1n) is 3.46. The summed E-state index contributed by atoms with van der Waals surface area (Å²) in [5.41, 5.74) is 0.185. The maximum atomic E-state index is 9.18. The molecule has 0 spiro atoms. The second kappa shape index (κ2) is 2.91. The Bertz CT molecular complexity index is 293. The van der Waals surface area contributed by atoms with Crippen LogP contribution in [0.3, 0.4) is 0 Å². The summed E-state index contributed by atoms with van der Waals surface area (Å²) in [6.07, 6.45) is -0.878. The third-order valence-electron chi connectivity index (χ3n) is 1.61. The Balaban J connectivity index is 3.27. The lowest BCUT2D eigenvalue weighted by molar-refractivity contribution is 0.193. The molecule has 4 nitrogen and oxygen atoms in total. The lowest BCUT2D eigenvalue weighted by atomic mass is 10.1. The highest BCUT2D eigenvalue weighted by atomic mass is 16.3. The molecule has 0 saturated heterocycles. The van der Waals surface area contributed by atoms with Crippen molar-refractivity contribution in [3.63, 3.8) is 0 Å². The van der Waals surface area contributed by atoms with Gasteiger partial charge in [-0.05, 0) is 19.1 Å². The van der Waals surface area contributed by atoms with Crippen LogP contribution in [0.1, 0.15) is 18.6 Å². The van der Waals surface area contributed by atoms with Gasteiger partial charge in [0.05, 0.1) is 6.10 Å². The zero-order valence-electron chi connectivity index (χ0n) is 6.52. The van der Waals surface area contributed by atoms with E-state index in [1.54, 1.807) is 0 Å². The Morgan fingerprint density at radius 1 is 1.08 bits per heavy atom. The molecule has 1 aromatic carbocycles. The quantitative estimate of drug-likeness (QED) is 0.471. The first kappa shape index (κ1) is 8.67. The van der Waals surface area contributed by atoms with E-state index in [1.165, 1.54) is 19.1 Å². The van der Waals surface area contributed by atoms with Crippen LogP contribution < -0.4 is 0 Å². The zero-order chi connectivity index (χ0) is 9.30. The lowest BCUT2D eigenvalue weighted by Crippen LogP contribution is -1.91. The molecule has 0 aromatic heterocycles. The van der Waals surface area contributed by atoms with E-state index in [4.69, 9.17) is 15.3 Å².